The summed E-state index contributed by atoms with van der Waals surface area (Å²) in [5.74, 6) is 0. The lowest BCUT2D eigenvalue weighted by molar-refractivity contribution is 0.0596. The van der Waals surface area contributed by atoms with Gasteiger partial charge in [0.25, 0.3) is 0 Å². The molecule has 0 atom stereocenters. The lowest BCUT2D eigenvalue weighted by atomic mass is 9.79. The van der Waals surface area contributed by atoms with Crippen molar-refractivity contribution in [2.75, 3.05) is 45.3 Å². The molecule has 0 bridgehead atoms. The fourth-order valence-electron chi connectivity index (χ4n) is 3.07. The van der Waals surface area contributed by atoms with Crippen LogP contribution in [0.25, 0.3) is 0 Å². The molecule has 2 rings (SSSR count). The molecule has 1 aliphatic rings. The van der Waals surface area contributed by atoms with Crippen LogP contribution in [0.1, 0.15) is 18.4 Å². The lowest BCUT2D eigenvalue weighted by Crippen LogP contribution is -2.46. The van der Waals surface area contributed by atoms with Crippen molar-refractivity contribution >= 4 is 5.69 Å². The van der Waals surface area contributed by atoms with E-state index in [2.05, 4.69) is 48.5 Å². The fraction of sp³-hybridized carbons (Fsp3) is 0.625. The standard InChI is InChI=1S/C16H26N2O/c1-14-5-4-6-15(11-14)18(2)12-16(13-19-3)7-9-17-10-8-16/h4-6,11,17H,7-10,12-13H2,1-3H3. The van der Waals surface area contributed by atoms with Crippen molar-refractivity contribution in [3.8, 4) is 0 Å². The van der Waals surface area contributed by atoms with Gasteiger partial charge in [0.1, 0.15) is 0 Å². The smallest absolute Gasteiger partial charge is 0.0536 e. The Balaban J connectivity index is 2.08. The second-order valence-corrected chi connectivity index (χ2v) is 5.88. The van der Waals surface area contributed by atoms with Gasteiger partial charge in [-0.15, -0.1) is 0 Å². The van der Waals surface area contributed by atoms with Crippen LogP contribution in [-0.4, -0.2) is 40.4 Å². The number of benzene rings is 1. The predicted molar refractivity (Wildman–Crippen MR) is 80.9 cm³/mol. The monoisotopic (exact) mass is 262 g/mol. The second kappa shape index (κ2) is 6.40. The first kappa shape index (κ1) is 14.4. The van der Waals surface area contributed by atoms with Gasteiger partial charge in [-0.2, -0.15) is 0 Å². The van der Waals surface area contributed by atoms with Gasteiger partial charge in [0.2, 0.25) is 0 Å². The molecule has 0 unspecified atom stereocenters. The van der Waals surface area contributed by atoms with Crippen LogP contribution in [0.5, 0.6) is 0 Å². The van der Waals surface area contributed by atoms with Gasteiger partial charge in [0, 0.05) is 31.8 Å². The van der Waals surface area contributed by atoms with Gasteiger partial charge in [-0.3, -0.25) is 0 Å². The van der Waals surface area contributed by atoms with E-state index in [1.165, 1.54) is 24.1 Å². The third kappa shape index (κ3) is 3.71. The van der Waals surface area contributed by atoms with E-state index in [0.717, 1.165) is 26.2 Å². The normalized spacial score (nSPS) is 18.3. The van der Waals surface area contributed by atoms with E-state index >= 15 is 0 Å². The minimum Gasteiger partial charge on any atom is -0.384 e. The van der Waals surface area contributed by atoms with Crippen LogP contribution in [0.2, 0.25) is 0 Å². The van der Waals surface area contributed by atoms with E-state index in [4.69, 9.17) is 4.74 Å². The highest BCUT2D eigenvalue weighted by Gasteiger charge is 2.33. The molecule has 3 nitrogen and oxygen atoms in total. The Hall–Kier alpha value is -1.06. The van der Waals surface area contributed by atoms with Gasteiger partial charge >= 0.3 is 0 Å². The number of nitrogens with zero attached hydrogens (tertiary/aromatic N) is 1. The Kier molecular flexibility index (Phi) is 4.83. The Morgan fingerprint density at radius 1 is 1.32 bits per heavy atom. The van der Waals surface area contributed by atoms with E-state index in [1.54, 1.807) is 0 Å². The average Bonchev–Trinajstić information content (AvgIpc) is 2.40. The van der Waals surface area contributed by atoms with E-state index in [0.29, 0.717) is 5.41 Å². The molecule has 0 amide bonds. The number of hydrogen-bond donors (Lipinski definition) is 1. The Labute approximate surface area is 116 Å². The summed E-state index contributed by atoms with van der Waals surface area (Å²) < 4.78 is 5.49. The first-order valence-corrected chi connectivity index (χ1v) is 7.13. The van der Waals surface area contributed by atoms with Crippen molar-refractivity contribution in [2.24, 2.45) is 5.41 Å². The highest BCUT2D eigenvalue weighted by molar-refractivity contribution is 5.47. The van der Waals surface area contributed by atoms with Crippen LogP contribution in [0, 0.1) is 12.3 Å². The largest absolute Gasteiger partial charge is 0.384 e. The molecular formula is C16H26N2O. The molecule has 0 saturated carbocycles. The quantitative estimate of drug-likeness (QED) is 0.882. The molecule has 1 aliphatic heterocycles. The summed E-state index contributed by atoms with van der Waals surface area (Å²) in [7, 11) is 4.00. The Bertz CT molecular complexity index is 394. The van der Waals surface area contributed by atoms with Crippen molar-refractivity contribution in [3.05, 3.63) is 29.8 Å². The third-order valence-corrected chi connectivity index (χ3v) is 4.13. The molecule has 19 heavy (non-hydrogen) atoms. The Morgan fingerprint density at radius 3 is 2.68 bits per heavy atom. The summed E-state index contributed by atoms with van der Waals surface area (Å²) in [5.41, 5.74) is 2.91. The van der Waals surface area contributed by atoms with Crippen molar-refractivity contribution < 1.29 is 4.74 Å². The maximum atomic E-state index is 5.49. The number of anilines is 1. The number of nitrogens with one attached hydrogen (secondary N) is 1. The summed E-state index contributed by atoms with van der Waals surface area (Å²) in [6, 6.07) is 8.72. The van der Waals surface area contributed by atoms with E-state index in [9.17, 15) is 0 Å². The molecule has 1 heterocycles. The molecule has 0 radical (unpaired) electrons. The van der Waals surface area contributed by atoms with Crippen LogP contribution in [0.15, 0.2) is 24.3 Å². The zero-order chi connectivity index (χ0) is 13.7. The molecular weight excluding hydrogens is 236 g/mol. The highest BCUT2D eigenvalue weighted by atomic mass is 16.5. The van der Waals surface area contributed by atoms with E-state index in [1.807, 2.05) is 7.11 Å². The summed E-state index contributed by atoms with van der Waals surface area (Å²) in [6.45, 7) is 6.26. The van der Waals surface area contributed by atoms with Crippen LogP contribution < -0.4 is 10.2 Å². The number of aryl methyl sites for hydroxylation is 1. The molecule has 0 spiro atoms. The molecule has 1 saturated heterocycles. The van der Waals surface area contributed by atoms with Crippen LogP contribution in [-0.2, 0) is 4.74 Å². The zero-order valence-corrected chi connectivity index (χ0v) is 12.4. The van der Waals surface area contributed by atoms with E-state index < -0.39 is 0 Å². The molecule has 1 N–H and O–H groups in total. The lowest BCUT2D eigenvalue weighted by Gasteiger charge is -2.40. The average molecular weight is 262 g/mol. The maximum Gasteiger partial charge on any atom is 0.0536 e. The van der Waals surface area contributed by atoms with Gasteiger partial charge in [-0.1, -0.05) is 12.1 Å². The number of methoxy groups -OCH3 is 1. The topological polar surface area (TPSA) is 24.5 Å². The second-order valence-electron chi connectivity index (χ2n) is 5.88. The van der Waals surface area contributed by atoms with Crippen LogP contribution in [0.3, 0.4) is 0 Å². The van der Waals surface area contributed by atoms with E-state index in [-0.39, 0.29) is 0 Å². The van der Waals surface area contributed by atoms with Crippen molar-refractivity contribution in [1.82, 2.24) is 5.32 Å². The van der Waals surface area contributed by atoms with Gasteiger partial charge < -0.3 is 15.0 Å². The number of rotatable bonds is 5. The van der Waals surface area contributed by atoms with Gasteiger partial charge in [0.15, 0.2) is 0 Å². The SMILES string of the molecule is COCC1(CN(C)c2cccc(C)c2)CCNCC1. The highest BCUT2D eigenvalue weighted by Crippen LogP contribution is 2.31. The van der Waals surface area contributed by atoms with Crippen molar-refractivity contribution in [3.63, 3.8) is 0 Å². The summed E-state index contributed by atoms with van der Waals surface area (Å²) in [6.07, 6.45) is 2.38. The fourth-order valence-corrected chi connectivity index (χ4v) is 3.07. The van der Waals surface area contributed by atoms with Gasteiger partial charge in [-0.05, 0) is 50.6 Å². The molecule has 0 aliphatic carbocycles. The number of hydrogen-bond acceptors (Lipinski definition) is 3. The third-order valence-electron chi connectivity index (χ3n) is 4.13. The summed E-state index contributed by atoms with van der Waals surface area (Å²) in [4.78, 5) is 2.37. The molecule has 1 fully saturated rings. The van der Waals surface area contributed by atoms with Crippen LogP contribution >= 0.6 is 0 Å². The van der Waals surface area contributed by atoms with Crippen LogP contribution in [0.4, 0.5) is 5.69 Å². The Morgan fingerprint density at radius 2 is 2.05 bits per heavy atom. The predicted octanol–water partition coefficient (Wildman–Crippen LogP) is 2.45. The minimum absolute atomic E-state index is 0.290. The summed E-state index contributed by atoms with van der Waals surface area (Å²) in [5, 5.41) is 3.45. The van der Waals surface area contributed by atoms with Gasteiger partial charge in [-0.25, -0.2) is 0 Å². The molecule has 1 aromatic carbocycles. The first-order valence-electron chi connectivity index (χ1n) is 7.13. The number of ether oxygens (including phenoxy) is 1. The van der Waals surface area contributed by atoms with Gasteiger partial charge in [0.05, 0.1) is 6.61 Å². The molecule has 106 valence electrons. The van der Waals surface area contributed by atoms with Crippen molar-refractivity contribution in [1.29, 1.82) is 0 Å². The zero-order valence-electron chi connectivity index (χ0n) is 12.4. The molecule has 3 heteroatoms. The molecule has 0 aromatic heterocycles. The molecule has 1 aromatic rings. The number of piperidine rings is 1. The maximum absolute atomic E-state index is 5.49. The summed E-state index contributed by atoms with van der Waals surface area (Å²) >= 11 is 0. The minimum atomic E-state index is 0.290. The first-order chi connectivity index (χ1) is 9.15. The van der Waals surface area contributed by atoms with Crippen molar-refractivity contribution in [2.45, 2.75) is 19.8 Å².